The molecule has 2 aromatic rings. The third kappa shape index (κ3) is 4.17. The molecule has 0 radical (unpaired) electrons. The molecular formula is C19H18ClIN2O6S. The summed E-state index contributed by atoms with van der Waals surface area (Å²) in [6, 6.07) is 6.29. The number of hydrogen-bond acceptors (Lipinski definition) is 7. The standard InChI is InChI=1S/C19H18ClIN2O6S/c1-10-6-15(29-22-10)18(20)30(27,28)13-5-3-4-11(7-13)17(25)16-14(24)8-12(9-21)23(2)19(16)26/h3-7,12,16,18H,8-9H2,1-2H3. The van der Waals surface area contributed by atoms with E-state index in [0.29, 0.717) is 10.1 Å². The van der Waals surface area contributed by atoms with Crippen LogP contribution in [-0.2, 0) is 19.4 Å². The van der Waals surface area contributed by atoms with E-state index in [1.807, 2.05) is 0 Å². The average molecular weight is 565 g/mol. The zero-order valence-electron chi connectivity index (χ0n) is 16.0. The predicted molar refractivity (Wildman–Crippen MR) is 116 cm³/mol. The van der Waals surface area contributed by atoms with Crippen LogP contribution in [0.2, 0.25) is 0 Å². The Labute approximate surface area is 192 Å². The Morgan fingerprint density at radius 1 is 1.37 bits per heavy atom. The van der Waals surface area contributed by atoms with Crippen molar-refractivity contribution in [3.8, 4) is 0 Å². The number of benzene rings is 1. The molecule has 1 amide bonds. The molecular weight excluding hydrogens is 547 g/mol. The Morgan fingerprint density at radius 3 is 2.67 bits per heavy atom. The van der Waals surface area contributed by atoms with Crippen molar-refractivity contribution in [1.82, 2.24) is 10.1 Å². The van der Waals surface area contributed by atoms with Crippen LogP contribution in [0.5, 0.6) is 0 Å². The molecule has 1 fully saturated rings. The van der Waals surface area contributed by atoms with Gasteiger partial charge in [-0.25, -0.2) is 8.42 Å². The van der Waals surface area contributed by atoms with Gasteiger partial charge in [0.15, 0.2) is 28.0 Å². The number of aromatic nitrogens is 1. The number of carbonyl (C=O) groups excluding carboxylic acids is 3. The summed E-state index contributed by atoms with van der Waals surface area (Å²) < 4.78 is 29.7. The van der Waals surface area contributed by atoms with Gasteiger partial charge in [-0.1, -0.05) is 51.5 Å². The summed E-state index contributed by atoms with van der Waals surface area (Å²) in [4.78, 5) is 39.2. The number of halogens is 2. The van der Waals surface area contributed by atoms with Gasteiger partial charge in [-0.3, -0.25) is 14.4 Å². The number of Topliss-reactive ketones (excluding diaryl/α,β-unsaturated/α-hetero) is 2. The van der Waals surface area contributed by atoms with Crippen molar-refractivity contribution in [3.05, 3.63) is 47.3 Å². The lowest BCUT2D eigenvalue weighted by Gasteiger charge is -2.34. The minimum atomic E-state index is -4.12. The van der Waals surface area contributed by atoms with Gasteiger partial charge < -0.3 is 9.42 Å². The van der Waals surface area contributed by atoms with Crippen LogP contribution in [0.25, 0.3) is 0 Å². The summed E-state index contributed by atoms with van der Waals surface area (Å²) in [5, 5.41) is 3.63. The van der Waals surface area contributed by atoms with E-state index in [1.54, 1.807) is 14.0 Å². The molecule has 3 unspecified atom stereocenters. The lowest BCUT2D eigenvalue weighted by atomic mass is 9.85. The monoisotopic (exact) mass is 564 g/mol. The second kappa shape index (κ2) is 8.75. The van der Waals surface area contributed by atoms with Gasteiger partial charge in [-0.2, -0.15) is 0 Å². The fourth-order valence-electron chi connectivity index (χ4n) is 3.18. The number of aryl methyl sites for hydroxylation is 1. The Morgan fingerprint density at radius 2 is 2.07 bits per heavy atom. The zero-order valence-corrected chi connectivity index (χ0v) is 19.8. The molecule has 3 atom stereocenters. The van der Waals surface area contributed by atoms with Crippen LogP contribution in [-0.4, -0.2) is 53.5 Å². The second-order valence-corrected chi connectivity index (χ2v) is 10.6. The Kier molecular flexibility index (Phi) is 6.68. The van der Waals surface area contributed by atoms with E-state index in [1.165, 1.54) is 29.2 Å². The molecule has 2 heterocycles. The van der Waals surface area contributed by atoms with E-state index in [0.717, 1.165) is 6.07 Å². The van der Waals surface area contributed by atoms with Crippen LogP contribution in [0.15, 0.2) is 39.8 Å². The molecule has 11 heteroatoms. The lowest BCUT2D eigenvalue weighted by Crippen LogP contribution is -2.53. The molecule has 8 nitrogen and oxygen atoms in total. The number of ketones is 2. The minimum absolute atomic E-state index is 0.0463. The van der Waals surface area contributed by atoms with Gasteiger partial charge in [0, 0.05) is 35.6 Å². The average Bonchev–Trinajstić information content (AvgIpc) is 3.16. The summed E-state index contributed by atoms with van der Waals surface area (Å²) >= 11 is 8.18. The number of sulfone groups is 1. The Bertz CT molecular complexity index is 1120. The quantitative estimate of drug-likeness (QED) is 0.229. The van der Waals surface area contributed by atoms with Gasteiger partial charge in [-0.15, -0.1) is 0 Å². The summed E-state index contributed by atoms with van der Waals surface area (Å²) in [5.74, 6) is -3.31. The van der Waals surface area contributed by atoms with Crippen LogP contribution < -0.4 is 0 Å². The van der Waals surface area contributed by atoms with Crippen LogP contribution in [0.1, 0.15) is 32.9 Å². The number of nitrogens with zero attached hydrogens (tertiary/aromatic N) is 2. The first-order valence-corrected chi connectivity index (χ1v) is 12.4. The minimum Gasteiger partial charge on any atom is -0.358 e. The normalized spacial score (nSPS) is 21.0. The largest absolute Gasteiger partial charge is 0.358 e. The topological polar surface area (TPSA) is 115 Å². The molecule has 0 saturated carbocycles. The van der Waals surface area contributed by atoms with Gasteiger partial charge in [0.25, 0.3) is 0 Å². The van der Waals surface area contributed by atoms with E-state index >= 15 is 0 Å². The number of carbonyl (C=O) groups is 3. The highest BCUT2D eigenvalue weighted by atomic mass is 127. The van der Waals surface area contributed by atoms with Crippen LogP contribution >= 0.6 is 34.2 Å². The first-order valence-electron chi connectivity index (χ1n) is 8.88. The van der Waals surface area contributed by atoms with E-state index in [-0.39, 0.29) is 28.7 Å². The van der Waals surface area contributed by atoms with E-state index in [2.05, 4.69) is 27.7 Å². The highest BCUT2D eigenvalue weighted by Gasteiger charge is 2.43. The van der Waals surface area contributed by atoms with Gasteiger partial charge >= 0.3 is 0 Å². The summed E-state index contributed by atoms with van der Waals surface area (Å²) in [7, 11) is -2.57. The van der Waals surface area contributed by atoms with Crippen molar-refractivity contribution < 1.29 is 27.3 Å². The summed E-state index contributed by atoms with van der Waals surface area (Å²) in [6.07, 6.45) is 0.0776. The first-order chi connectivity index (χ1) is 14.1. The Balaban J connectivity index is 1.92. The SMILES string of the molecule is Cc1cc(C(Cl)S(=O)(=O)c2cccc(C(=O)C3C(=O)CC(CI)N(C)C3=O)c2)on1. The predicted octanol–water partition coefficient (Wildman–Crippen LogP) is 2.73. The van der Waals surface area contributed by atoms with E-state index in [4.69, 9.17) is 16.1 Å². The molecule has 30 heavy (non-hydrogen) atoms. The van der Waals surface area contributed by atoms with E-state index in [9.17, 15) is 22.8 Å². The van der Waals surface area contributed by atoms with Gasteiger partial charge in [0.05, 0.1) is 10.6 Å². The van der Waals surface area contributed by atoms with Crippen molar-refractivity contribution in [1.29, 1.82) is 0 Å². The second-order valence-electron chi connectivity index (χ2n) is 6.98. The molecule has 3 rings (SSSR count). The Hall–Kier alpha value is -1.79. The van der Waals surface area contributed by atoms with Crippen molar-refractivity contribution in [2.24, 2.45) is 5.92 Å². The number of likely N-dealkylation sites (tertiary alicyclic amines) is 1. The first kappa shape index (κ1) is 22.9. The fraction of sp³-hybridized carbons (Fsp3) is 0.368. The molecule has 1 aliphatic heterocycles. The molecule has 1 aromatic carbocycles. The summed E-state index contributed by atoms with van der Waals surface area (Å²) in [5.41, 5.74) is 0.416. The van der Waals surface area contributed by atoms with Crippen LogP contribution in [0, 0.1) is 12.8 Å². The molecule has 0 N–H and O–H groups in total. The van der Waals surface area contributed by atoms with Gasteiger partial charge in [0.1, 0.15) is 0 Å². The molecule has 0 aliphatic carbocycles. The number of hydrogen-bond donors (Lipinski definition) is 0. The maximum Gasteiger partial charge on any atom is 0.241 e. The third-order valence-electron chi connectivity index (χ3n) is 4.93. The molecule has 1 saturated heterocycles. The van der Waals surface area contributed by atoms with Crippen LogP contribution in [0.3, 0.4) is 0 Å². The maximum absolute atomic E-state index is 13.0. The zero-order chi connectivity index (χ0) is 22.2. The highest BCUT2D eigenvalue weighted by Crippen LogP contribution is 2.33. The van der Waals surface area contributed by atoms with Crippen molar-refractivity contribution in [2.45, 2.75) is 29.0 Å². The molecule has 1 aromatic heterocycles. The number of alkyl halides is 2. The number of amides is 1. The van der Waals surface area contributed by atoms with Gasteiger partial charge in [-0.05, 0) is 19.1 Å². The van der Waals surface area contributed by atoms with Crippen molar-refractivity contribution in [3.63, 3.8) is 0 Å². The lowest BCUT2D eigenvalue weighted by molar-refractivity contribution is -0.144. The number of piperidine rings is 1. The van der Waals surface area contributed by atoms with Crippen molar-refractivity contribution in [2.75, 3.05) is 11.5 Å². The molecule has 0 bridgehead atoms. The third-order valence-corrected chi connectivity index (χ3v) is 8.55. The fourth-order valence-corrected chi connectivity index (χ4v) is 5.71. The molecule has 0 spiro atoms. The molecule has 160 valence electrons. The maximum atomic E-state index is 13.0. The van der Waals surface area contributed by atoms with Gasteiger partial charge in [0.2, 0.25) is 15.7 Å². The van der Waals surface area contributed by atoms with Crippen LogP contribution in [0.4, 0.5) is 0 Å². The van der Waals surface area contributed by atoms with Crippen molar-refractivity contribution >= 4 is 61.5 Å². The number of rotatable bonds is 6. The summed E-state index contributed by atoms with van der Waals surface area (Å²) in [6.45, 7) is 1.63. The molecule has 1 aliphatic rings. The smallest absolute Gasteiger partial charge is 0.241 e. The van der Waals surface area contributed by atoms with E-state index < -0.39 is 37.9 Å². The highest BCUT2D eigenvalue weighted by molar-refractivity contribution is 14.1.